The number of nitrogens with zero attached hydrogens (tertiary/aromatic N) is 3. The summed E-state index contributed by atoms with van der Waals surface area (Å²) < 4.78 is 11.6. The monoisotopic (exact) mass is 486 g/mol. The second-order valence-electron chi connectivity index (χ2n) is 8.44. The first-order chi connectivity index (χ1) is 16.6. The summed E-state index contributed by atoms with van der Waals surface area (Å²) in [6, 6.07) is 14.2. The van der Waals surface area contributed by atoms with E-state index < -0.39 is 5.97 Å². The fraction of sp³-hybridized carbons (Fsp3) is 0.440. The highest BCUT2D eigenvalue weighted by Crippen LogP contribution is 2.17. The highest BCUT2D eigenvalue weighted by Gasteiger charge is 2.21. The molecular weight excluding hydrogens is 456 g/mol. The minimum Gasteiger partial charge on any atom is -0.492 e. The van der Waals surface area contributed by atoms with Crippen molar-refractivity contribution in [1.82, 2.24) is 9.80 Å². The van der Waals surface area contributed by atoms with Gasteiger partial charge in [-0.25, -0.2) is 4.79 Å². The van der Waals surface area contributed by atoms with Crippen molar-refractivity contribution in [2.45, 2.75) is 18.9 Å². The zero-order chi connectivity index (χ0) is 23.8. The topological polar surface area (TPSA) is 86.6 Å². The zero-order valence-electron chi connectivity index (χ0n) is 19.2. The summed E-state index contributed by atoms with van der Waals surface area (Å²) >= 11 is 5.92. The maximum Gasteiger partial charge on any atom is 0.335 e. The van der Waals surface area contributed by atoms with E-state index in [1.807, 2.05) is 24.3 Å². The molecule has 2 N–H and O–H groups in total. The number of guanidine groups is 1. The Morgan fingerprint density at radius 2 is 1.85 bits per heavy atom. The van der Waals surface area contributed by atoms with E-state index in [-0.39, 0.29) is 11.7 Å². The quantitative estimate of drug-likeness (QED) is 0.434. The predicted molar refractivity (Wildman–Crippen MR) is 133 cm³/mol. The first-order valence-corrected chi connectivity index (χ1v) is 12.1. The molecule has 182 valence electrons. The molecule has 2 fully saturated rings. The molecule has 0 bridgehead atoms. The summed E-state index contributed by atoms with van der Waals surface area (Å²) in [5.74, 6) is 0.690. The van der Waals surface area contributed by atoms with Crippen molar-refractivity contribution in [2.75, 3.05) is 57.8 Å². The van der Waals surface area contributed by atoms with E-state index in [4.69, 9.17) is 31.2 Å². The number of carboxylic acid groups (broad SMARTS) is 1. The van der Waals surface area contributed by atoms with E-state index in [1.54, 1.807) is 24.3 Å². The van der Waals surface area contributed by atoms with Crippen LogP contribution < -0.4 is 10.1 Å². The second kappa shape index (κ2) is 12.1. The Hall–Kier alpha value is -2.81. The van der Waals surface area contributed by atoms with Crippen LogP contribution in [0, 0.1) is 0 Å². The Morgan fingerprint density at radius 3 is 2.50 bits per heavy atom. The van der Waals surface area contributed by atoms with Crippen molar-refractivity contribution >= 4 is 29.2 Å². The number of piperazine rings is 1. The largest absolute Gasteiger partial charge is 0.492 e. The SMILES string of the molecule is O=C(O)c1ccc(NC(=NC[C@H]2CCCO2)N2CCN(CCOc3ccc(Cl)cc3)CC2)cc1. The number of hydrogen-bond donors (Lipinski definition) is 2. The number of carbonyl (C=O) groups is 1. The summed E-state index contributed by atoms with van der Waals surface area (Å²) in [5, 5.41) is 13.2. The van der Waals surface area contributed by atoms with Crippen LogP contribution in [0.1, 0.15) is 23.2 Å². The lowest BCUT2D eigenvalue weighted by atomic mass is 10.2. The number of aromatic carboxylic acids is 1. The van der Waals surface area contributed by atoms with Crippen LogP contribution in [0.4, 0.5) is 5.69 Å². The average Bonchev–Trinajstić information content (AvgIpc) is 3.37. The van der Waals surface area contributed by atoms with E-state index in [0.717, 1.165) is 69.6 Å². The van der Waals surface area contributed by atoms with E-state index in [2.05, 4.69) is 15.1 Å². The molecule has 8 nitrogen and oxygen atoms in total. The van der Waals surface area contributed by atoms with Crippen molar-refractivity contribution < 1.29 is 19.4 Å². The Bertz CT molecular complexity index is 954. The van der Waals surface area contributed by atoms with Gasteiger partial charge >= 0.3 is 5.97 Å². The van der Waals surface area contributed by atoms with Crippen LogP contribution in [-0.2, 0) is 4.74 Å². The number of hydrogen-bond acceptors (Lipinski definition) is 5. The standard InChI is InChI=1S/C25H31ClN4O4/c26-20-5-9-22(10-6-20)34-17-15-29-11-13-30(14-12-29)25(27-18-23-2-1-16-33-23)28-21-7-3-19(4-8-21)24(31)32/h3-10,23H,1-2,11-18H2,(H,27,28)(H,31,32)/t23-/m1/s1. The summed E-state index contributed by atoms with van der Waals surface area (Å²) in [5.41, 5.74) is 1.08. The number of rotatable bonds is 8. The van der Waals surface area contributed by atoms with Gasteiger partial charge in [0, 0.05) is 50.0 Å². The predicted octanol–water partition coefficient (Wildman–Crippen LogP) is 3.68. The molecule has 34 heavy (non-hydrogen) atoms. The molecule has 9 heteroatoms. The van der Waals surface area contributed by atoms with Gasteiger partial charge in [0.1, 0.15) is 12.4 Å². The Balaban J connectivity index is 1.31. The summed E-state index contributed by atoms with van der Waals surface area (Å²) in [4.78, 5) is 20.6. The molecule has 0 saturated carbocycles. The summed E-state index contributed by atoms with van der Waals surface area (Å²) in [7, 11) is 0. The first kappa shape index (κ1) is 24.3. The van der Waals surface area contributed by atoms with Crippen LogP contribution in [0.5, 0.6) is 5.75 Å². The second-order valence-corrected chi connectivity index (χ2v) is 8.87. The van der Waals surface area contributed by atoms with Gasteiger partial charge in [-0.2, -0.15) is 0 Å². The van der Waals surface area contributed by atoms with Crippen molar-refractivity contribution in [2.24, 2.45) is 4.99 Å². The van der Waals surface area contributed by atoms with Gasteiger partial charge in [-0.05, 0) is 61.4 Å². The molecule has 4 rings (SSSR count). The van der Waals surface area contributed by atoms with Crippen LogP contribution in [-0.4, -0.2) is 85.4 Å². The van der Waals surface area contributed by atoms with Gasteiger partial charge in [-0.15, -0.1) is 0 Å². The highest BCUT2D eigenvalue weighted by molar-refractivity contribution is 6.30. The Labute approximate surface area is 205 Å². The van der Waals surface area contributed by atoms with Gasteiger partial charge < -0.3 is 24.8 Å². The Morgan fingerprint density at radius 1 is 1.12 bits per heavy atom. The smallest absolute Gasteiger partial charge is 0.335 e. The normalized spacial score (nSPS) is 19.3. The minimum atomic E-state index is -0.935. The number of benzene rings is 2. The van der Waals surface area contributed by atoms with Crippen LogP contribution in [0.15, 0.2) is 53.5 Å². The third-order valence-electron chi connectivity index (χ3n) is 6.02. The molecule has 2 aromatic rings. The molecule has 1 atom stereocenters. The maximum atomic E-state index is 11.1. The van der Waals surface area contributed by atoms with Gasteiger partial charge in [-0.1, -0.05) is 11.6 Å². The van der Waals surface area contributed by atoms with E-state index in [0.29, 0.717) is 18.2 Å². The first-order valence-electron chi connectivity index (χ1n) is 11.7. The number of aliphatic imine (C=N–C) groups is 1. The van der Waals surface area contributed by atoms with Gasteiger partial charge in [0.25, 0.3) is 0 Å². The maximum absolute atomic E-state index is 11.1. The molecular formula is C25H31ClN4O4. The number of carboxylic acids is 1. The number of nitrogens with one attached hydrogen (secondary N) is 1. The third-order valence-corrected chi connectivity index (χ3v) is 6.27. The highest BCUT2D eigenvalue weighted by atomic mass is 35.5. The number of anilines is 1. The summed E-state index contributed by atoms with van der Waals surface area (Å²) in [6.07, 6.45) is 2.28. The molecule has 0 amide bonds. The molecule has 0 aromatic heterocycles. The lowest BCUT2D eigenvalue weighted by Gasteiger charge is -2.36. The molecule has 2 aliphatic heterocycles. The van der Waals surface area contributed by atoms with Crippen molar-refractivity contribution in [3.63, 3.8) is 0 Å². The van der Waals surface area contributed by atoms with Gasteiger partial charge in [0.15, 0.2) is 5.96 Å². The van der Waals surface area contributed by atoms with Gasteiger partial charge in [-0.3, -0.25) is 9.89 Å². The van der Waals surface area contributed by atoms with Crippen LogP contribution in [0.25, 0.3) is 0 Å². The minimum absolute atomic E-state index is 0.164. The van der Waals surface area contributed by atoms with Crippen molar-refractivity contribution in [3.8, 4) is 5.75 Å². The lowest BCUT2D eigenvalue weighted by molar-refractivity contribution is 0.0697. The molecule has 2 saturated heterocycles. The third kappa shape index (κ3) is 7.09. The molecule has 2 heterocycles. The lowest BCUT2D eigenvalue weighted by Crippen LogP contribution is -2.51. The van der Waals surface area contributed by atoms with Crippen LogP contribution >= 0.6 is 11.6 Å². The molecule has 2 aromatic carbocycles. The number of ether oxygens (including phenoxy) is 2. The molecule has 0 spiro atoms. The van der Waals surface area contributed by atoms with Crippen LogP contribution in [0.3, 0.4) is 0 Å². The molecule has 0 aliphatic carbocycles. The molecule has 0 radical (unpaired) electrons. The zero-order valence-corrected chi connectivity index (χ0v) is 19.9. The Kier molecular flexibility index (Phi) is 8.62. The van der Waals surface area contributed by atoms with Crippen LogP contribution in [0.2, 0.25) is 5.02 Å². The molecule has 2 aliphatic rings. The van der Waals surface area contributed by atoms with E-state index in [9.17, 15) is 4.79 Å². The average molecular weight is 487 g/mol. The van der Waals surface area contributed by atoms with E-state index in [1.165, 1.54) is 0 Å². The van der Waals surface area contributed by atoms with Gasteiger partial charge in [0.05, 0.1) is 18.2 Å². The fourth-order valence-corrected chi connectivity index (χ4v) is 4.15. The number of halogens is 1. The fourth-order valence-electron chi connectivity index (χ4n) is 4.03. The van der Waals surface area contributed by atoms with E-state index >= 15 is 0 Å². The van der Waals surface area contributed by atoms with Crippen molar-refractivity contribution in [3.05, 3.63) is 59.1 Å². The van der Waals surface area contributed by atoms with Gasteiger partial charge in [0.2, 0.25) is 0 Å². The molecule has 0 unspecified atom stereocenters. The van der Waals surface area contributed by atoms with Crippen molar-refractivity contribution in [1.29, 1.82) is 0 Å². The summed E-state index contributed by atoms with van der Waals surface area (Å²) in [6.45, 7) is 6.38.